The summed E-state index contributed by atoms with van der Waals surface area (Å²) >= 11 is 1.47. The molecule has 1 aromatic rings. The minimum Gasteiger partial charge on any atom is -0.483 e. The molecule has 0 fully saturated rings. The summed E-state index contributed by atoms with van der Waals surface area (Å²) < 4.78 is 45.4. The Labute approximate surface area is 169 Å². The summed E-state index contributed by atoms with van der Waals surface area (Å²) in [5.74, 6) is 0.248. The molecule has 0 saturated carbocycles. The zero-order valence-electron chi connectivity index (χ0n) is 13.5. The van der Waals surface area contributed by atoms with Gasteiger partial charge in [-0.1, -0.05) is 24.8 Å². The van der Waals surface area contributed by atoms with E-state index in [0.29, 0.717) is 17.4 Å². The first kappa shape index (κ1) is 21.3. The van der Waals surface area contributed by atoms with E-state index in [1.807, 2.05) is 6.26 Å². The Kier molecular flexibility index (Phi) is 8.61. The van der Waals surface area contributed by atoms with Gasteiger partial charge in [0, 0.05) is 38.8 Å². The maximum absolute atomic E-state index is 14.4. The van der Waals surface area contributed by atoms with E-state index in [1.165, 1.54) is 28.8 Å². The van der Waals surface area contributed by atoms with Gasteiger partial charge in [0.05, 0.1) is 12.4 Å². The van der Waals surface area contributed by atoms with Crippen molar-refractivity contribution < 1.29 is 50.6 Å². The molecule has 1 heterocycles. The number of hydrogen-bond donors (Lipinski definition) is 0. The molecule has 0 spiro atoms. The van der Waals surface area contributed by atoms with E-state index in [1.54, 1.807) is 19.1 Å². The Morgan fingerprint density at radius 3 is 2.67 bits per heavy atom. The average molecular weight is 429 g/mol. The van der Waals surface area contributed by atoms with E-state index in [4.69, 9.17) is 4.74 Å². The van der Waals surface area contributed by atoms with Crippen molar-refractivity contribution in [3.05, 3.63) is 59.6 Å². The average Bonchev–Trinajstić information content (AvgIpc) is 2.50. The van der Waals surface area contributed by atoms with Gasteiger partial charge >= 0.3 is 0 Å². The van der Waals surface area contributed by atoms with Crippen LogP contribution in [0, 0.1) is 11.9 Å². The molecule has 0 amide bonds. The predicted octanol–water partition coefficient (Wildman–Crippen LogP) is 4.71. The van der Waals surface area contributed by atoms with Crippen LogP contribution >= 0.6 is 11.8 Å². The van der Waals surface area contributed by atoms with Crippen molar-refractivity contribution >= 4 is 17.5 Å². The quantitative estimate of drug-likeness (QED) is 0.480. The number of halogens is 3. The van der Waals surface area contributed by atoms with Crippen LogP contribution in [-0.4, -0.2) is 30.1 Å². The molecule has 1 aliphatic heterocycles. The second-order valence-corrected chi connectivity index (χ2v) is 5.77. The van der Waals surface area contributed by atoms with Gasteiger partial charge in [-0.3, -0.25) is 0 Å². The molecule has 1 aliphatic rings. The van der Waals surface area contributed by atoms with Crippen molar-refractivity contribution in [3.8, 4) is 5.75 Å². The summed E-state index contributed by atoms with van der Waals surface area (Å²) in [6, 6.07) is 4.36. The van der Waals surface area contributed by atoms with Gasteiger partial charge < -0.3 is 9.64 Å². The Morgan fingerprint density at radius 2 is 2.08 bits per heavy atom. The summed E-state index contributed by atoms with van der Waals surface area (Å²) in [5, 5.41) is 0. The van der Waals surface area contributed by atoms with Gasteiger partial charge in [0.1, 0.15) is 11.7 Å². The molecule has 7 heteroatoms. The number of thioether (sulfide) groups is 1. The predicted molar refractivity (Wildman–Crippen MR) is 87.7 cm³/mol. The topological polar surface area (TPSA) is 12.5 Å². The van der Waals surface area contributed by atoms with Crippen LogP contribution in [0.4, 0.5) is 13.2 Å². The minimum absolute atomic E-state index is 0. The molecule has 24 heavy (non-hydrogen) atoms. The number of rotatable bonds is 6. The van der Waals surface area contributed by atoms with Crippen LogP contribution in [0.1, 0.15) is 12.5 Å². The Balaban J connectivity index is 0.00000288. The second-order valence-electron chi connectivity index (χ2n) is 4.96. The summed E-state index contributed by atoms with van der Waals surface area (Å²) in [6.07, 6.45) is 3.80. The fourth-order valence-electron chi connectivity index (χ4n) is 2.15. The molecule has 0 N–H and O–H groups in total. The van der Waals surface area contributed by atoms with Crippen LogP contribution in [0.2, 0.25) is 0 Å². The van der Waals surface area contributed by atoms with E-state index in [9.17, 15) is 13.2 Å². The van der Waals surface area contributed by atoms with E-state index >= 15 is 0 Å². The number of hydrogen-bond acceptors (Lipinski definition) is 3. The molecule has 0 saturated heterocycles. The summed E-state index contributed by atoms with van der Waals surface area (Å²) in [5.41, 5.74) is 1.57. The van der Waals surface area contributed by atoms with E-state index in [-0.39, 0.29) is 44.0 Å². The molecular formula is C17H17F3NOSY-. The standard InChI is InChI=1S/C17H17F3NOS.Y/c1-11-4-7-16(21(12(11)2)9-17(19)20)14-6-5-13(8-15(14)18)22-10-23-3;/h4-6,8,17H,2,9-10H2,1,3H3;/q-1;. The molecule has 127 valence electrons. The Hall–Kier alpha value is -0.716. The normalized spacial score (nSPS) is 14.2. The van der Waals surface area contributed by atoms with E-state index < -0.39 is 18.8 Å². The molecule has 0 unspecified atom stereocenters. The Morgan fingerprint density at radius 1 is 1.38 bits per heavy atom. The van der Waals surface area contributed by atoms with Crippen LogP contribution < -0.4 is 4.74 Å². The smallest absolute Gasteiger partial charge is 0.256 e. The van der Waals surface area contributed by atoms with E-state index in [0.717, 1.165) is 5.57 Å². The number of nitrogens with zero attached hydrogens (tertiary/aromatic N) is 1. The van der Waals surface area contributed by atoms with Crippen molar-refractivity contribution in [1.82, 2.24) is 4.90 Å². The molecule has 1 radical (unpaired) electrons. The maximum Gasteiger partial charge on any atom is 0.256 e. The van der Waals surface area contributed by atoms with Crippen molar-refractivity contribution in [2.45, 2.75) is 13.3 Å². The van der Waals surface area contributed by atoms with Crippen LogP contribution in [0.5, 0.6) is 5.75 Å². The summed E-state index contributed by atoms with van der Waals surface area (Å²) in [4.78, 5) is 1.29. The number of alkyl halides is 2. The molecule has 2 rings (SSSR count). The van der Waals surface area contributed by atoms with Crippen molar-refractivity contribution in [2.75, 3.05) is 18.7 Å². The maximum atomic E-state index is 14.4. The van der Waals surface area contributed by atoms with Gasteiger partial charge in [0.2, 0.25) is 0 Å². The minimum atomic E-state index is -2.57. The largest absolute Gasteiger partial charge is 0.483 e. The first-order chi connectivity index (χ1) is 10.9. The van der Waals surface area contributed by atoms with Gasteiger partial charge in [0.25, 0.3) is 6.43 Å². The van der Waals surface area contributed by atoms with Crippen molar-refractivity contribution in [1.29, 1.82) is 0 Å². The second kappa shape index (κ2) is 9.69. The monoisotopic (exact) mass is 429 g/mol. The molecule has 0 aliphatic carbocycles. The van der Waals surface area contributed by atoms with Crippen LogP contribution in [0.3, 0.4) is 0 Å². The van der Waals surface area contributed by atoms with Crippen LogP contribution in [-0.2, 0) is 32.7 Å². The summed E-state index contributed by atoms with van der Waals surface area (Å²) in [6.45, 7) is 5.00. The molecule has 0 aromatic heterocycles. The fourth-order valence-corrected chi connectivity index (χ4v) is 2.41. The van der Waals surface area contributed by atoms with Crippen molar-refractivity contribution in [2.24, 2.45) is 0 Å². The molecule has 2 nitrogen and oxygen atoms in total. The SMILES string of the molecule is C=C1C(C)=C[C-]=C(c2ccc(OCSC)cc2F)N1CC(F)F.[Y]. The van der Waals surface area contributed by atoms with E-state index in [2.05, 4.69) is 12.7 Å². The third-order valence-corrected chi connectivity index (χ3v) is 3.69. The van der Waals surface area contributed by atoms with Crippen LogP contribution in [0.15, 0.2) is 42.1 Å². The molecular weight excluding hydrogens is 412 g/mol. The van der Waals surface area contributed by atoms with Gasteiger partial charge in [-0.15, -0.1) is 23.4 Å². The third-order valence-electron chi connectivity index (χ3n) is 3.34. The molecule has 0 bridgehead atoms. The number of benzene rings is 1. The number of allylic oxidation sites excluding steroid dienone is 3. The van der Waals surface area contributed by atoms with Gasteiger partial charge in [-0.2, -0.15) is 12.2 Å². The zero-order valence-corrected chi connectivity index (χ0v) is 17.1. The fraction of sp³-hybridized carbons (Fsp3) is 0.294. The van der Waals surface area contributed by atoms with Gasteiger partial charge in [-0.25, -0.2) is 13.2 Å². The number of ether oxygens (including phenoxy) is 1. The first-order valence-corrected chi connectivity index (χ1v) is 8.30. The van der Waals surface area contributed by atoms with Crippen LogP contribution in [0.25, 0.3) is 5.70 Å². The van der Waals surface area contributed by atoms with Gasteiger partial charge in [0.15, 0.2) is 0 Å². The summed E-state index contributed by atoms with van der Waals surface area (Å²) in [7, 11) is 0. The molecule has 1 aromatic carbocycles. The van der Waals surface area contributed by atoms with Gasteiger partial charge in [-0.05, 0) is 18.0 Å². The van der Waals surface area contributed by atoms with Crippen molar-refractivity contribution in [3.63, 3.8) is 0 Å². The third kappa shape index (κ3) is 5.14. The Bertz CT molecular complexity index is 661. The first-order valence-electron chi connectivity index (χ1n) is 6.91. The molecule has 0 atom stereocenters. The zero-order chi connectivity index (χ0) is 17.0.